The molecule has 0 radical (unpaired) electrons. The first-order chi connectivity index (χ1) is 9.70. The molecular formula is C16H15BrClNO. The van der Waals surface area contributed by atoms with Gasteiger partial charge >= 0.3 is 0 Å². The van der Waals surface area contributed by atoms with Crippen molar-refractivity contribution in [2.75, 3.05) is 0 Å². The van der Waals surface area contributed by atoms with Crippen LogP contribution in [0.15, 0.2) is 46.9 Å². The lowest BCUT2D eigenvalue weighted by Crippen LogP contribution is -2.15. The summed E-state index contributed by atoms with van der Waals surface area (Å²) in [4.78, 5) is 0. The van der Waals surface area contributed by atoms with E-state index in [0.717, 1.165) is 28.1 Å². The zero-order chi connectivity index (χ0) is 13.9. The molecule has 0 aromatic heterocycles. The Morgan fingerprint density at radius 2 is 1.90 bits per heavy atom. The summed E-state index contributed by atoms with van der Waals surface area (Å²) < 4.78 is 6.98. The fourth-order valence-corrected chi connectivity index (χ4v) is 2.41. The van der Waals surface area contributed by atoms with Gasteiger partial charge in [0, 0.05) is 27.6 Å². The van der Waals surface area contributed by atoms with E-state index in [0.29, 0.717) is 11.1 Å². The zero-order valence-corrected chi connectivity index (χ0v) is 13.2. The Morgan fingerprint density at radius 1 is 1.15 bits per heavy atom. The molecule has 1 N–H and O–H groups in total. The van der Waals surface area contributed by atoms with Crippen LogP contribution in [0.4, 0.5) is 0 Å². The maximum atomic E-state index is 5.97. The molecule has 0 spiro atoms. The normalized spacial score (nSPS) is 14.3. The SMILES string of the molecule is Clc1ccc(Oc2cc(Br)ccc2CNC2CC2)cc1. The highest BCUT2D eigenvalue weighted by molar-refractivity contribution is 9.10. The molecule has 1 aliphatic rings. The second-order valence-corrected chi connectivity index (χ2v) is 6.32. The van der Waals surface area contributed by atoms with E-state index in [4.69, 9.17) is 16.3 Å². The van der Waals surface area contributed by atoms with Crippen molar-refractivity contribution in [3.8, 4) is 11.5 Å². The average Bonchev–Trinajstić information content (AvgIpc) is 3.25. The molecule has 2 aromatic carbocycles. The summed E-state index contributed by atoms with van der Waals surface area (Å²) in [6.07, 6.45) is 2.56. The topological polar surface area (TPSA) is 21.3 Å². The van der Waals surface area contributed by atoms with Crippen LogP contribution in [0.2, 0.25) is 5.02 Å². The minimum atomic E-state index is 0.682. The number of rotatable bonds is 5. The van der Waals surface area contributed by atoms with Crippen LogP contribution in [0.1, 0.15) is 18.4 Å². The second kappa shape index (κ2) is 6.17. The van der Waals surface area contributed by atoms with Crippen LogP contribution in [0.3, 0.4) is 0 Å². The van der Waals surface area contributed by atoms with E-state index in [1.807, 2.05) is 36.4 Å². The highest BCUT2D eigenvalue weighted by Crippen LogP contribution is 2.30. The molecule has 0 atom stereocenters. The number of halogens is 2. The summed E-state index contributed by atoms with van der Waals surface area (Å²) in [6, 6.07) is 14.2. The lowest BCUT2D eigenvalue weighted by molar-refractivity contribution is 0.472. The van der Waals surface area contributed by atoms with E-state index in [1.165, 1.54) is 12.8 Å². The van der Waals surface area contributed by atoms with Crippen LogP contribution < -0.4 is 10.1 Å². The van der Waals surface area contributed by atoms with Gasteiger partial charge in [0.25, 0.3) is 0 Å². The van der Waals surface area contributed by atoms with E-state index in [9.17, 15) is 0 Å². The van der Waals surface area contributed by atoms with Crippen LogP contribution in [0.25, 0.3) is 0 Å². The number of benzene rings is 2. The van der Waals surface area contributed by atoms with E-state index in [-0.39, 0.29) is 0 Å². The first kappa shape index (κ1) is 13.9. The van der Waals surface area contributed by atoms with Gasteiger partial charge in [-0.1, -0.05) is 33.6 Å². The predicted molar refractivity (Wildman–Crippen MR) is 85.5 cm³/mol. The second-order valence-electron chi connectivity index (χ2n) is 4.96. The van der Waals surface area contributed by atoms with E-state index >= 15 is 0 Å². The minimum absolute atomic E-state index is 0.682. The van der Waals surface area contributed by atoms with Crippen molar-refractivity contribution < 1.29 is 4.74 Å². The predicted octanol–water partition coefficient (Wildman–Crippen LogP) is 5.15. The highest BCUT2D eigenvalue weighted by Gasteiger charge is 2.20. The molecule has 20 heavy (non-hydrogen) atoms. The molecule has 2 aromatic rings. The van der Waals surface area contributed by atoms with Crippen molar-refractivity contribution >= 4 is 27.5 Å². The average molecular weight is 353 g/mol. The first-order valence-electron chi connectivity index (χ1n) is 6.66. The summed E-state index contributed by atoms with van der Waals surface area (Å²) >= 11 is 9.38. The van der Waals surface area contributed by atoms with Gasteiger partial charge in [-0.05, 0) is 49.2 Å². The summed E-state index contributed by atoms with van der Waals surface area (Å²) in [5, 5.41) is 4.22. The van der Waals surface area contributed by atoms with Gasteiger partial charge < -0.3 is 10.1 Å². The molecule has 1 fully saturated rings. The van der Waals surface area contributed by atoms with E-state index < -0.39 is 0 Å². The van der Waals surface area contributed by atoms with Gasteiger partial charge in [0.15, 0.2) is 0 Å². The Kier molecular flexibility index (Phi) is 4.29. The van der Waals surface area contributed by atoms with Crippen molar-refractivity contribution in [1.29, 1.82) is 0 Å². The van der Waals surface area contributed by atoms with Gasteiger partial charge in [0.1, 0.15) is 11.5 Å². The molecule has 3 rings (SSSR count). The molecule has 0 heterocycles. The molecule has 4 heteroatoms. The summed E-state index contributed by atoms with van der Waals surface area (Å²) in [7, 11) is 0. The fourth-order valence-electron chi connectivity index (χ4n) is 1.94. The Balaban J connectivity index is 1.78. The van der Waals surface area contributed by atoms with Gasteiger partial charge in [-0.15, -0.1) is 0 Å². The number of hydrogen-bond donors (Lipinski definition) is 1. The van der Waals surface area contributed by atoms with Crippen LogP contribution in [-0.2, 0) is 6.54 Å². The lowest BCUT2D eigenvalue weighted by atomic mass is 10.2. The maximum Gasteiger partial charge on any atom is 0.133 e. The first-order valence-corrected chi connectivity index (χ1v) is 7.83. The highest BCUT2D eigenvalue weighted by atomic mass is 79.9. The van der Waals surface area contributed by atoms with Crippen LogP contribution in [-0.4, -0.2) is 6.04 Å². The third kappa shape index (κ3) is 3.75. The van der Waals surface area contributed by atoms with Crippen molar-refractivity contribution in [2.45, 2.75) is 25.4 Å². The van der Waals surface area contributed by atoms with Crippen LogP contribution >= 0.6 is 27.5 Å². The van der Waals surface area contributed by atoms with Gasteiger partial charge in [0.2, 0.25) is 0 Å². The monoisotopic (exact) mass is 351 g/mol. The molecule has 0 amide bonds. The number of nitrogens with one attached hydrogen (secondary N) is 1. The molecule has 1 aliphatic carbocycles. The van der Waals surface area contributed by atoms with Crippen LogP contribution in [0.5, 0.6) is 11.5 Å². The fraction of sp³-hybridized carbons (Fsp3) is 0.250. The Bertz CT molecular complexity index is 596. The van der Waals surface area contributed by atoms with E-state index in [2.05, 4.69) is 27.3 Å². The molecule has 1 saturated carbocycles. The minimum Gasteiger partial charge on any atom is -0.457 e. The molecule has 104 valence electrons. The molecular weight excluding hydrogens is 338 g/mol. The molecule has 2 nitrogen and oxygen atoms in total. The Morgan fingerprint density at radius 3 is 2.60 bits per heavy atom. The quantitative estimate of drug-likeness (QED) is 0.804. The van der Waals surface area contributed by atoms with Gasteiger partial charge in [-0.25, -0.2) is 0 Å². The van der Waals surface area contributed by atoms with Crippen LogP contribution in [0, 0.1) is 0 Å². The lowest BCUT2D eigenvalue weighted by Gasteiger charge is -2.12. The summed E-state index contributed by atoms with van der Waals surface area (Å²) in [5.74, 6) is 1.66. The molecule has 0 saturated heterocycles. The Hall–Kier alpha value is -1.03. The van der Waals surface area contributed by atoms with Crippen molar-refractivity contribution in [3.05, 3.63) is 57.5 Å². The number of ether oxygens (including phenoxy) is 1. The molecule has 0 unspecified atom stereocenters. The Labute approximate surface area is 132 Å². The standard InChI is InChI=1S/C16H15BrClNO/c17-12-2-1-11(10-19-14-5-6-14)16(9-12)20-15-7-3-13(18)4-8-15/h1-4,7-9,14,19H,5-6,10H2. The van der Waals surface area contributed by atoms with Crippen molar-refractivity contribution in [3.63, 3.8) is 0 Å². The summed E-state index contributed by atoms with van der Waals surface area (Å²) in [5.41, 5.74) is 1.16. The third-order valence-electron chi connectivity index (χ3n) is 3.23. The smallest absolute Gasteiger partial charge is 0.133 e. The number of hydrogen-bond acceptors (Lipinski definition) is 2. The van der Waals surface area contributed by atoms with Crippen molar-refractivity contribution in [1.82, 2.24) is 5.32 Å². The maximum absolute atomic E-state index is 5.97. The third-order valence-corrected chi connectivity index (χ3v) is 3.97. The zero-order valence-electron chi connectivity index (χ0n) is 10.9. The van der Waals surface area contributed by atoms with Gasteiger partial charge in [-0.3, -0.25) is 0 Å². The van der Waals surface area contributed by atoms with E-state index in [1.54, 1.807) is 0 Å². The van der Waals surface area contributed by atoms with Gasteiger partial charge in [-0.2, -0.15) is 0 Å². The molecule has 0 bridgehead atoms. The largest absolute Gasteiger partial charge is 0.457 e. The van der Waals surface area contributed by atoms with Gasteiger partial charge in [0.05, 0.1) is 0 Å². The molecule has 0 aliphatic heterocycles. The summed E-state index contributed by atoms with van der Waals surface area (Å²) in [6.45, 7) is 0.834. The van der Waals surface area contributed by atoms with Crippen molar-refractivity contribution in [2.24, 2.45) is 0 Å².